The minimum Gasteiger partial charge on any atom is -0.397 e. The van der Waals surface area contributed by atoms with E-state index in [-0.39, 0.29) is 11.4 Å². The maximum absolute atomic E-state index is 12.2. The number of thiophene rings is 1. The summed E-state index contributed by atoms with van der Waals surface area (Å²) in [5.74, 6) is -0.0789. The Bertz CT molecular complexity index is 646. The van der Waals surface area contributed by atoms with Crippen molar-refractivity contribution < 1.29 is 4.79 Å². The normalized spacial score (nSPS) is 16.8. The molecule has 1 amide bonds. The molecule has 18 heavy (non-hydrogen) atoms. The fraction of sp³-hybridized carbons (Fsp3) is 0.308. The molecule has 1 saturated carbocycles. The van der Waals surface area contributed by atoms with Gasteiger partial charge >= 0.3 is 0 Å². The number of rotatable bonds is 2. The first-order valence-electron chi connectivity index (χ1n) is 5.79. The SMILES string of the molecule is CC1(NC(=O)c2sc3ccc(Cl)cc3c2N)CC1. The summed E-state index contributed by atoms with van der Waals surface area (Å²) in [5, 5.41) is 4.51. The van der Waals surface area contributed by atoms with Gasteiger partial charge in [0, 0.05) is 20.6 Å². The van der Waals surface area contributed by atoms with Crippen molar-refractivity contribution in [2.75, 3.05) is 5.73 Å². The molecule has 3 N–H and O–H groups in total. The van der Waals surface area contributed by atoms with Gasteiger partial charge in [-0.05, 0) is 38.0 Å². The maximum Gasteiger partial charge on any atom is 0.263 e. The highest BCUT2D eigenvalue weighted by molar-refractivity contribution is 7.21. The molecule has 0 saturated heterocycles. The molecule has 0 radical (unpaired) electrons. The van der Waals surface area contributed by atoms with Gasteiger partial charge in [0.2, 0.25) is 0 Å². The summed E-state index contributed by atoms with van der Waals surface area (Å²) in [7, 11) is 0. The monoisotopic (exact) mass is 280 g/mol. The topological polar surface area (TPSA) is 55.1 Å². The predicted molar refractivity (Wildman–Crippen MR) is 76.4 cm³/mol. The van der Waals surface area contributed by atoms with Crippen LogP contribution in [0.2, 0.25) is 5.02 Å². The highest BCUT2D eigenvalue weighted by Crippen LogP contribution is 2.38. The number of nitrogen functional groups attached to an aromatic ring is 1. The van der Waals surface area contributed by atoms with Crippen molar-refractivity contribution in [2.24, 2.45) is 0 Å². The van der Waals surface area contributed by atoms with Gasteiger partial charge in [0.15, 0.2) is 0 Å². The first-order chi connectivity index (χ1) is 8.48. The van der Waals surface area contributed by atoms with Crippen LogP contribution in [0.25, 0.3) is 10.1 Å². The first kappa shape index (κ1) is 11.8. The van der Waals surface area contributed by atoms with Crippen molar-refractivity contribution in [1.82, 2.24) is 5.32 Å². The van der Waals surface area contributed by atoms with E-state index in [0.29, 0.717) is 15.6 Å². The van der Waals surface area contributed by atoms with Crippen molar-refractivity contribution in [3.05, 3.63) is 28.1 Å². The minimum absolute atomic E-state index is 0.0304. The van der Waals surface area contributed by atoms with Gasteiger partial charge in [0.05, 0.1) is 5.69 Å². The second kappa shape index (κ2) is 3.87. The van der Waals surface area contributed by atoms with Crippen LogP contribution in [0.3, 0.4) is 0 Å². The summed E-state index contributed by atoms with van der Waals surface area (Å²) in [5.41, 5.74) is 6.54. The molecule has 1 aliphatic rings. The summed E-state index contributed by atoms with van der Waals surface area (Å²) in [6.45, 7) is 2.05. The molecule has 3 nitrogen and oxygen atoms in total. The Morgan fingerprint density at radius 2 is 2.22 bits per heavy atom. The van der Waals surface area contributed by atoms with Gasteiger partial charge < -0.3 is 11.1 Å². The lowest BCUT2D eigenvalue weighted by Crippen LogP contribution is -2.34. The van der Waals surface area contributed by atoms with Gasteiger partial charge in [-0.25, -0.2) is 0 Å². The highest BCUT2D eigenvalue weighted by atomic mass is 35.5. The van der Waals surface area contributed by atoms with Crippen LogP contribution in [0.5, 0.6) is 0 Å². The quantitative estimate of drug-likeness (QED) is 0.886. The number of nitrogens with one attached hydrogen (secondary N) is 1. The molecule has 0 unspecified atom stereocenters. The van der Waals surface area contributed by atoms with Crippen LogP contribution in [0.15, 0.2) is 18.2 Å². The second-order valence-corrected chi connectivity index (χ2v) is 6.49. The molecule has 1 aromatic heterocycles. The molecule has 5 heteroatoms. The Balaban J connectivity index is 2.01. The molecule has 0 atom stereocenters. The lowest BCUT2D eigenvalue weighted by Gasteiger charge is -2.10. The van der Waals surface area contributed by atoms with Gasteiger partial charge in [-0.15, -0.1) is 11.3 Å². The van der Waals surface area contributed by atoms with Crippen LogP contribution in [0.4, 0.5) is 5.69 Å². The lowest BCUT2D eigenvalue weighted by atomic mass is 10.2. The zero-order chi connectivity index (χ0) is 12.9. The van der Waals surface area contributed by atoms with Gasteiger partial charge in [0.1, 0.15) is 4.88 Å². The van der Waals surface area contributed by atoms with E-state index in [1.807, 2.05) is 19.1 Å². The average Bonchev–Trinajstić information content (AvgIpc) is 2.94. The number of nitrogens with two attached hydrogens (primary N) is 1. The Hall–Kier alpha value is -1.26. The zero-order valence-corrected chi connectivity index (χ0v) is 11.5. The molecule has 0 aliphatic heterocycles. The number of benzene rings is 1. The van der Waals surface area contributed by atoms with Crippen LogP contribution >= 0.6 is 22.9 Å². The van der Waals surface area contributed by atoms with Crippen LogP contribution < -0.4 is 11.1 Å². The van der Waals surface area contributed by atoms with Crippen LogP contribution in [-0.2, 0) is 0 Å². The first-order valence-corrected chi connectivity index (χ1v) is 6.98. The van der Waals surface area contributed by atoms with Crippen LogP contribution in [-0.4, -0.2) is 11.4 Å². The van der Waals surface area contributed by atoms with Crippen molar-refractivity contribution in [2.45, 2.75) is 25.3 Å². The molecule has 0 bridgehead atoms. The van der Waals surface area contributed by atoms with Crippen molar-refractivity contribution >= 4 is 44.6 Å². The van der Waals surface area contributed by atoms with E-state index in [0.717, 1.165) is 22.9 Å². The fourth-order valence-corrected chi connectivity index (χ4v) is 3.07. The van der Waals surface area contributed by atoms with E-state index in [9.17, 15) is 4.79 Å². The molecule has 2 aromatic rings. The number of carbonyl (C=O) groups is 1. The molecule has 1 fully saturated rings. The van der Waals surface area contributed by atoms with Gasteiger partial charge in [-0.3, -0.25) is 4.79 Å². The largest absolute Gasteiger partial charge is 0.397 e. The second-order valence-electron chi connectivity index (χ2n) is 5.00. The summed E-state index contributed by atoms with van der Waals surface area (Å²) >= 11 is 7.36. The standard InChI is InChI=1S/C13H13ClN2OS/c1-13(4-5-13)16-12(17)11-10(15)8-6-7(14)2-3-9(8)18-11/h2-3,6H,4-5,15H2,1H3,(H,16,17). The number of anilines is 1. The molecular formula is C13H13ClN2OS. The van der Waals surface area contributed by atoms with Gasteiger partial charge in [0.25, 0.3) is 5.91 Å². The number of halogens is 1. The lowest BCUT2D eigenvalue weighted by molar-refractivity contribution is 0.0940. The number of hydrogen-bond donors (Lipinski definition) is 2. The summed E-state index contributed by atoms with van der Waals surface area (Å²) in [6.07, 6.45) is 2.07. The third-order valence-electron chi connectivity index (χ3n) is 3.31. The van der Waals surface area contributed by atoms with E-state index >= 15 is 0 Å². The maximum atomic E-state index is 12.2. The molecule has 3 rings (SSSR count). The molecule has 0 spiro atoms. The summed E-state index contributed by atoms with van der Waals surface area (Å²) < 4.78 is 0.989. The smallest absolute Gasteiger partial charge is 0.263 e. The third-order valence-corrected chi connectivity index (χ3v) is 4.73. The minimum atomic E-state index is -0.0789. The Kier molecular flexibility index (Phi) is 2.54. The fourth-order valence-electron chi connectivity index (χ4n) is 1.90. The summed E-state index contributed by atoms with van der Waals surface area (Å²) in [4.78, 5) is 12.7. The third kappa shape index (κ3) is 1.95. The number of carbonyl (C=O) groups excluding carboxylic acids is 1. The van der Waals surface area contributed by atoms with E-state index in [1.165, 1.54) is 11.3 Å². The van der Waals surface area contributed by atoms with Crippen LogP contribution in [0, 0.1) is 0 Å². The molecule has 1 aliphatic carbocycles. The Morgan fingerprint density at radius 1 is 1.50 bits per heavy atom. The van der Waals surface area contributed by atoms with E-state index in [1.54, 1.807) is 6.07 Å². The van der Waals surface area contributed by atoms with Crippen molar-refractivity contribution in [3.8, 4) is 0 Å². The average molecular weight is 281 g/mol. The van der Waals surface area contributed by atoms with Gasteiger partial charge in [-0.1, -0.05) is 11.6 Å². The number of amides is 1. The van der Waals surface area contributed by atoms with Crippen LogP contribution in [0.1, 0.15) is 29.4 Å². The van der Waals surface area contributed by atoms with Gasteiger partial charge in [-0.2, -0.15) is 0 Å². The predicted octanol–water partition coefficient (Wildman–Crippen LogP) is 3.42. The molecular weight excluding hydrogens is 268 g/mol. The number of hydrogen-bond acceptors (Lipinski definition) is 3. The Morgan fingerprint density at radius 3 is 2.89 bits per heavy atom. The van der Waals surface area contributed by atoms with Crippen molar-refractivity contribution in [1.29, 1.82) is 0 Å². The van der Waals surface area contributed by atoms with Crippen molar-refractivity contribution in [3.63, 3.8) is 0 Å². The highest BCUT2D eigenvalue weighted by Gasteiger charge is 2.39. The molecule has 1 heterocycles. The molecule has 94 valence electrons. The Labute approximate surface area is 114 Å². The zero-order valence-electron chi connectivity index (χ0n) is 9.92. The van der Waals surface area contributed by atoms with E-state index in [4.69, 9.17) is 17.3 Å². The van der Waals surface area contributed by atoms with E-state index < -0.39 is 0 Å². The number of fused-ring (bicyclic) bond motifs is 1. The summed E-state index contributed by atoms with van der Waals surface area (Å²) in [6, 6.07) is 5.51. The van der Waals surface area contributed by atoms with E-state index in [2.05, 4.69) is 5.32 Å². The molecule has 1 aromatic carbocycles.